The van der Waals surface area contributed by atoms with E-state index in [4.69, 9.17) is 5.73 Å². The number of nitrogens with zero attached hydrogens (tertiary/aromatic N) is 1. The van der Waals surface area contributed by atoms with E-state index in [0.29, 0.717) is 0 Å². The monoisotopic (exact) mass is 263 g/mol. The smallest absolute Gasteiger partial charge is 0.253 e. The molecule has 0 spiro atoms. The van der Waals surface area contributed by atoms with Crippen LogP contribution in [-0.4, -0.2) is 10.9 Å². The Balaban J connectivity index is 2.06. The van der Waals surface area contributed by atoms with Crippen LogP contribution in [0.3, 0.4) is 0 Å². The SMILES string of the molecule is Nc1ccc(C(=O)NCc2c(F)cccc2F)cn1. The van der Waals surface area contributed by atoms with Gasteiger partial charge in [-0.1, -0.05) is 6.07 Å². The molecule has 1 amide bonds. The van der Waals surface area contributed by atoms with E-state index in [1.807, 2.05) is 0 Å². The lowest BCUT2D eigenvalue weighted by molar-refractivity contribution is 0.0950. The second-order valence-electron chi connectivity index (χ2n) is 3.85. The number of anilines is 1. The van der Waals surface area contributed by atoms with Gasteiger partial charge in [-0.3, -0.25) is 4.79 Å². The van der Waals surface area contributed by atoms with Gasteiger partial charge in [0.05, 0.1) is 5.56 Å². The zero-order valence-electron chi connectivity index (χ0n) is 9.86. The quantitative estimate of drug-likeness (QED) is 0.888. The second-order valence-corrected chi connectivity index (χ2v) is 3.85. The molecule has 0 saturated carbocycles. The van der Waals surface area contributed by atoms with Gasteiger partial charge in [0.15, 0.2) is 0 Å². The number of carbonyl (C=O) groups excluding carboxylic acids is 1. The van der Waals surface area contributed by atoms with E-state index >= 15 is 0 Å². The van der Waals surface area contributed by atoms with Crippen molar-refractivity contribution < 1.29 is 13.6 Å². The highest BCUT2D eigenvalue weighted by molar-refractivity contribution is 5.93. The van der Waals surface area contributed by atoms with Gasteiger partial charge in [-0.15, -0.1) is 0 Å². The molecular formula is C13H11F2N3O. The van der Waals surface area contributed by atoms with Gasteiger partial charge in [-0.2, -0.15) is 0 Å². The molecule has 0 aliphatic rings. The number of nitrogens with one attached hydrogen (secondary N) is 1. The van der Waals surface area contributed by atoms with Crippen molar-refractivity contribution in [2.45, 2.75) is 6.54 Å². The Morgan fingerprint density at radius 2 is 1.89 bits per heavy atom. The largest absolute Gasteiger partial charge is 0.384 e. The fourth-order valence-corrected chi connectivity index (χ4v) is 1.51. The summed E-state index contributed by atoms with van der Waals surface area (Å²) in [6.07, 6.45) is 1.29. The second kappa shape index (κ2) is 5.43. The molecule has 0 saturated heterocycles. The van der Waals surface area contributed by atoms with Crippen molar-refractivity contribution in [2.24, 2.45) is 0 Å². The zero-order valence-corrected chi connectivity index (χ0v) is 9.86. The molecule has 0 fully saturated rings. The van der Waals surface area contributed by atoms with Gasteiger partial charge >= 0.3 is 0 Å². The van der Waals surface area contributed by atoms with E-state index in [2.05, 4.69) is 10.3 Å². The fourth-order valence-electron chi connectivity index (χ4n) is 1.51. The molecule has 4 nitrogen and oxygen atoms in total. The van der Waals surface area contributed by atoms with Gasteiger partial charge in [0.2, 0.25) is 0 Å². The Hall–Kier alpha value is -2.50. The van der Waals surface area contributed by atoms with Gasteiger partial charge in [0.25, 0.3) is 5.91 Å². The van der Waals surface area contributed by atoms with Crippen LogP contribution in [-0.2, 0) is 6.54 Å². The Kier molecular flexibility index (Phi) is 3.70. The highest BCUT2D eigenvalue weighted by atomic mass is 19.1. The number of halogens is 2. The molecule has 1 aromatic carbocycles. The third-order valence-corrected chi connectivity index (χ3v) is 2.54. The molecule has 6 heteroatoms. The maximum Gasteiger partial charge on any atom is 0.253 e. The van der Waals surface area contributed by atoms with Crippen LogP contribution in [0.4, 0.5) is 14.6 Å². The van der Waals surface area contributed by atoms with Crippen molar-refractivity contribution in [1.82, 2.24) is 10.3 Å². The molecule has 2 rings (SSSR count). The summed E-state index contributed by atoms with van der Waals surface area (Å²) in [5.41, 5.74) is 5.48. The summed E-state index contributed by atoms with van der Waals surface area (Å²) < 4.78 is 26.7. The van der Waals surface area contributed by atoms with Crippen molar-refractivity contribution in [3.05, 3.63) is 59.3 Å². The number of hydrogen-bond donors (Lipinski definition) is 2. The van der Waals surface area contributed by atoms with Crippen molar-refractivity contribution in [3.8, 4) is 0 Å². The molecule has 0 radical (unpaired) electrons. The lowest BCUT2D eigenvalue weighted by atomic mass is 10.2. The number of rotatable bonds is 3. The van der Waals surface area contributed by atoms with Crippen LogP contribution < -0.4 is 11.1 Å². The van der Waals surface area contributed by atoms with E-state index in [9.17, 15) is 13.6 Å². The van der Waals surface area contributed by atoms with E-state index in [-0.39, 0.29) is 23.5 Å². The van der Waals surface area contributed by atoms with Crippen LogP contribution >= 0.6 is 0 Å². The predicted octanol–water partition coefficient (Wildman–Crippen LogP) is 1.87. The minimum Gasteiger partial charge on any atom is -0.384 e. The van der Waals surface area contributed by atoms with Crippen molar-refractivity contribution >= 4 is 11.7 Å². The van der Waals surface area contributed by atoms with Gasteiger partial charge in [-0.05, 0) is 24.3 Å². The minimum absolute atomic E-state index is 0.181. The predicted molar refractivity (Wildman–Crippen MR) is 66.2 cm³/mol. The topological polar surface area (TPSA) is 68.0 Å². The third-order valence-electron chi connectivity index (χ3n) is 2.54. The highest BCUT2D eigenvalue weighted by Crippen LogP contribution is 2.11. The average molecular weight is 263 g/mol. The first kappa shape index (κ1) is 12.9. The lowest BCUT2D eigenvalue weighted by Crippen LogP contribution is -2.24. The molecule has 1 heterocycles. The summed E-state index contributed by atoms with van der Waals surface area (Å²) in [6, 6.07) is 6.48. The first-order valence-electron chi connectivity index (χ1n) is 5.50. The van der Waals surface area contributed by atoms with Gasteiger partial charge in [0, 0.05) is 18.3 Å². The van der Waals surface area contributed by atoms with Crippen LogP contribution in [0.25, 0.3) is 0 Å². The average Bonchev–Trinajstić information content (AvgIpc) is 2.38. The lowest BCUT2D eigenvalue weighted by Gasteiger charge is -2.07. The van der Waals surface area contributed by atoms with Crippen molar-refractivity contribution in [3.63, 3.8) is 0 Å². The Morgan fingerprint density at radius 3 is 2.47 bits per heavy atom. The Morgan fingerprint density at radius 1 is 1.21 bits per heavy atom. The number of nitrogen functional groups attached to an aromatic ring is 1. The summed E-state index contributed by atoms with van der Waals surface area (Å²) in [6.45, 7) is -0.234. The standard InChI is InChI=1S/C13H11F2N3O/c14-10-2-1-3-11(15)9(10)7-18-13(19)8-4-5-12(16)17-6-8/h1-6H,7H2,(H2,16,17)(H,18,19). The molecule has 0 aliphatic heterocycles. The maximum atomic E-state index is 13.3. The molecular weight excluding hydrogens is 252 g/mol. The van der Waals surface area contributed by atoms with E-state index in [1.165, 1.54) is 24.4 Å². The number of carbonyl (C=O) groups is 1. The number of hydrogen-bond acceptors (Lipinski definition) is 3. The minimum atomic E-state index is -0.698. The molecule has 0 unspecified atom stereocenters. The number of nitrogens with two attached hydrogens (primary N) is 1. The van der Waals surface area contributed by atoms with E-state index in [1.54, 1.807) is 0 Å². The normalized spacial score (nSPS) is 10.2. The molecule has 19 heavy (non-hydrogen) atoms. The molecule has 2 aromatic rings. The van der Waals surface area contributed by atoms with Crippen LogP contribution in [0.1, 0.15) is 15.9 Å². The summed E-state index contributed by atoms with van der Waals surface area (Å²) in [7, 11) is 0. The van der Waals surface area contributed by atoms with E-state index in [0.717, 1.165) is 12.1 Å². The summed E-state index contributed by atoms with van der Waals surface area (Å²) >= 11 is 0. The highest BCUT2D eigenvalue weighted by Gasteiger charge is 2.11. The Bertz CT molecular complexity index is 579. The molecule has 1 aromatic heterocycles. The third kappa shape index (κ3) is 3.04. The van der Waals surface area contributed by atoms with Crippen molar-refractivity contribution in [2.75, 3.05) is 5.73 Å². The number of amides is 1. The molecule has 0 aliphatic carbocycles. The first-order valence-corrected chi connectivity index (χ1v) is 5.50. The number of aromatic nitrogens is 1. The first-order chi connectivity index (χ1) is 9.08. The van der Waals surface area contributed by atoms with Gasteiger partial charge in [0.1, 0.15) is 17.5 Å². The van der Waals surface area contributed by atoms with Crippen molar-refractivity contribution in [1.29, 1.82) is 0 Å². The fraction of sp³-hybridized carbons (Fsp3) is 0.0769. The maximum absolute atomic E-state index is 13.3. The van der Waals surface area contributed by atoms with E-state index < -0.39 is 17.5 Å². The molecule has 0 atom stereocenters. The summed E-state index contributed by atoms with van der Waals surface area (Å²) in [5.74, 6) is -1.58. The molecule has 0 bridgehead atoms. The van der Waals surface area contributed by atoms with Crippen LogP contribution in [0.2, 0.25) is 0 Å². The molecule has 98 valence electrons. The zero-order chi connectivity index (χ0) is 13.8. The Labute approximate surface area is 108 Å². The number of benzene rings is 1. The number of pyridine rings is 1. The van der Waals surface area contributed by atoms with Gasteiger partial charge in [-0.25, -0.2) is 13.8 Å². The summed E-state index contributed by atoms with van der Waals surface area (Å²) in [4.78, 5) is 15.5. The van der Waals surface area contributed by atoms with Crippen LogP contribution in [0, 0.1) is 11.6 Å². The summed E-state index contributed by atoms with van der Waals surface area (Å²) in [5, 5.41) is 2.42. The van der Waals surface area contributed by atoms with Gasteiger partial charge < -0.3 is 11.1 Å². The van der Waals surface area contributed by atoms with Crippen LogP contribution in [0.5, 0.6) is 0 Å². The molecule has 3 N–H and O–H groups in total. The van der Waals surface area contributed by atoms with Crippen LogP contribution in [0.15, 0.2) is 36.5 Å².